The minimum Gasteiger partial charge on any atom is -0.463 e. The molecule has 2 amide bonds. The van der Waals surface area contributed by atoms with Crippen molar-refractivity contribution >= 4 is 22.9 Å². The van der Waals surface area contributed by atoms with Crippen LogP contribution < -0.4 is 5.32 Å². The van der Waals surface area contributed by atoms with Crippen molar-refractivity contribution in [1.82, 2.24) is 24.6 Å². The minimum absolute atomic E-state index is 0.0293. The van der Waals surface area contributed by atoms with E-state index in [0.29, 0.717) is 24.4 Å². The minimum atomic E-state index is -0.924. The molecule has 8 heteroatoms. The van der Waals surface area contributed by atoms with Gasteiger partial charge in [-0.25, -0.2) is 0 Å². The second-order valence-corrected chi connectivity index (χ2v) is 10.3. The lowest BCUT2D eigenvalue weighted by Crippen LogP contribution is -2.65. The van der Waals surface area contributed by atoms with E-state index in [4.69, 9.17) is 4.42 Å². The maximum absolute atomic E-state index is 13.7. The maximum atomic E-state index is 13.7. The molecule has 4 heterocycles. The first kappa shape index (κ1) is 22.5. The number of hydrogen-bond acceptors (Lipinski definition) is 5. The van der Waals surface area contributed by atoms with Crippen molar-refractivity contribution in [3.8, 4) is 0 Å². The van der Waals surface area contributed by atoms with Gasteiger partial charge in [0.15, 0.2) is 5.58 Å². The number of carbonyl (C=O) groups excluding carboxylic acids is 2. The van der Waals surface area contributed by atoms with E-state index in [9.17, 15) is 9.59 Å². The normalized spacial score (nSPS) is 25.5. The Morgan fingerprint density at radius 2 is 1.91 bits per heavy atom. The molecular formula is C25H37N5O3. The van der Waals surface area contributed by atoms with Gasteiger partial charge < -0.3 is 29.0 Å². The summed E-state index contributed by atoms with van der Waals surface area (Å²) in [5.41, 5.74) is 1.28. The molecule has 1 aliphatic carbocycles. The van der Waals surface area contributed by atoms with Crippen LogP contribution in [0.4, 0.5) is 0 Å². The van der Waals surface area contributed by atoms with Crippen LogP contribution in [0.5, 0.6) is 0 Å². The fraction of sp³-hybridized carbons (Fsp3) is 0.680. The highest BCUT2D eigenvalue weighted by atomic mass is 16.3. The molecule has 5 rings (SSSR count). The van der Waals surface area contributed by atoms with Crippen LogP contribution in [0.2, 0.25) is 0 Å². The molecule has 1 saturated carbocycles. The lowest BCUT2D eigenvalue weighted by atomic mass is 9.91. The Morgan fingerprint density at radius 3 is 2.67 bits per heavy atom. The Labute approximate surface area is 195 Å². The Hall–Kier alpha value is -2.32. The molecule has 0 unspecified atom stereocenters. The first-order valence-electron chi connectivity index (χ1n) is 12.6. The number of fused-ring (bicyclic) bond motifs is 3. The third-order valence-electron chi connectivity index (χ3n) is 7.93. The first-order chi connectivity index (χ1) is 16.0. The van der Waals surface area contributed by atoms with E-state index in [1.165, 1.54) is 6.42 Å². The number of rotatable bonds is 6. The van der Waals surface area contributed by atoms with Crippen LogP contribution in [0.3, 0.4) is 0 Å². The van der Waals surface area contributed by atoms with Gasteiger partial charge in [-0.05, 0) is 39.8 Å². The fourth-order valence-electron chi connectivity index (χ4n) is 5.73. The predicted octanol–water partition coefficient (Wildman–Crippen LogP) is 2.54. The van der Waals surface area contributed by atoms with Crippen LogP contribution in [0.25, 0.3) is 11.1 Å². The Bertz CT molecular complexity index is 999. The summed E-state index contributed by atoms with van der Waals surface area (Å²) in [6, 6.07) is 3.92. The van der Waals surface area contributed by atoms with Crippen molar-refractivity contribution in [3.63, 3.8) is 0 Å². The zero-order valence-electron chi connectivity index (χ0n) is 20.0. The van der Waals surface area contributed by atoms with Crippen molar-refractivity contribution in [2.45, 2.75) is 63.6 Å². The van der Waals surface area contributed by atoms with Crippen LogP contribution >= 0.6 is 0 Å². The van der Waals surface area contributed by atoms with Crippen LogP contribution in [-0.4, -0.2) is 89.0 Å². The average molecular weight is 456 g/mol. The van der Waals surface area contributed by atoms with E-state index in [-0.39, 0.29) is 17.9 Å². The molecule has 0 bridgehead atoms. The lowest BCUT2D eigenvalue weighted by molar-refractivity contribution is -0.133. The topological polar surface area (TPSA) is 74.0 Å². The molecule has 1 N–H and O–H groups in total. The van der Waals surface area contributed by atoms with Crippen molar-refractivity contribution in [2.24, 2.45) is 0 Å². The molecule has 180 valence electrons. The van der Waals surface area contributed by atoms with Gasteiger partial charge >= 0.3 is 0 Å². The number of likely N-dealkylation sites (N-methyl/N-ethyl adjacent to an activating group) is 1. The molecule has 2 aliphatic heterocycles. The number of furan rings is 1. The van der Waals surface area contributed by atoms with E-state index in [2.05, 4.69) is 22.2 Å². The molecule has 0 spiro atoms. The van der Waals surface area contributed by atoms with Crippen molar-refractivity contribution < 1.29 is 14.0 Å². The van der Waals surface area contributed by atoms with E-state index < -0.39 is 5.54 Å². The summed E-state index contributed by atoms with van der Waals surface area (Å²) >= 11 is 0. The van der Waals surface area contributed by atoms with Gasteiger partial charge in [-0.3, -0.25) is 9.59 Å². The monoisotopic (exact) mass is 455 g/mol. The molecule has 1 saturated heterocycles. The smallest absolute Gasteiger partial charge is 0.271 e. The molecular weight excluding hydrogens is 418 g/mol. The number of piperazine rings is 1. The van der Waals surface area contributed by atoms with Crippen LogP contribution in [0.1, 0.15) is 55.9 Å². The summed E-state index contributed by atoms with van der Waals surface area (Å²) < 4.78 is 7.54. The fourth-order valence-corrected chi connectivity index (χ4v) is 5.73. The summed E-state index contributed by atoms with van der Waals surface area (Å²) in [4.78, 5) is 34.0. The zero-order valence-corrected chi connectivity index (χ0v) is 20.0. The molecule has 1 atom stereocenters. The molecule has 2 fully saturated rings. The predicted molar refractivity (Wildman–Crippen MR) is 127 cm³/mol. The molecule has 0 aromatic carbocycles. The number of hydrogen-bond donors (Lipinski definition) is 1. The molecule has 2 aromatic rings. The van der Waals surface area contributed by atoms with Gasteiger partial charge in [0.2, 0.25) is 5.91 Å². The lowest BCUT2D eigenvalue weighted by Gasteiger charge is -2.45. The SMILES string of the molecule is CN1CCN(CCCN2C(=O)c3cc4occc4n3C[C@]2(C)C(=O)NC2CCCCC2)CC1. The second-order valence-electron chi connectivity index (χ2n) is 10.3. The Morgan fingerprint density at radius 1 is 1.15 bits per heavy atom. The van der Waals surface area contributed by atoms with Gasteiger partial charge in [-0.2, -0.15) is 0 Å². The third kappa shape index (κ3) is 4.30. The Balaban J connectivity index is 1.36. The van der Waals surface area contributed by atoms with Crippen LogP contribution in [0, 0.1) is 0 Å². The molecule has 2 aromatic heterocycles. The highest BCUT2D eigenvalue weighted by molar-refractivity contribution is 6.02. The number of nitrogens with zero attached hydrogens (tertiary/aromatic N) is 4. The average Bonchev–Trinajstić information content (AvgIpc) is 3.40. The van der Waals surface area contributed by atoms with Crippen LogP contribution in [-0.2, 0) is 11.3 Å². The third-order valence-corrected chi connectivity index (χ3v) is 7.93. The number of carbonyl (C=O) groups is 2. The Kier molecular flexibility index (Phi) is 6.22. The van der Waals surface area contributed by atoms with Gasteiger partial charge in [-0.15, -0.1) is 0 Å². The van der Waals surface area contributed by atoms with Crippen molar-refractivity contribution in [2.75, 3.05) is 46.3 Å². The summed E-state index contributed by atoms with van der Waals surface area (Å²) in [7, 11) is 2.16. The largest absolute Gasteiger partial charge is 0.463 e. The number of aromatic nitrogens is 1. The molecule has 33 heavy (non-hydrogen) atoms. The quantitative estimate of drug-likeness (QED) is 0.725. The number of nitrogens with one attached hydrogen (secondary N) is 1. The number of amides is 2. The highest BCUT2D eigenvalue weighted by Gasteiger charge is 2.48. The molecule has 3 aliphatic rings. The van der Waals surface area contributed by atoms with Crippen molar-refractivity contribution in [1.29, 1.82) is 0 Å². The highest BCUT2D eigenvalue weighted by Crippen LogP contribution is 2.33. The summed E-state index contributed by atoms with van der Waals surface area (Å²) in [6.45, 7) is 8.19. The van der Waals surface area contributed by atoms with Crippen molar-refractivity contribution in [3.05, 3.63) is 24.1 Å². The van der Waals surface area contributed by atoms with Gasteiger partial charge in [0.1, 0.15) is 11.2 Å². The van der Waals surface area contributed by atoms with Gasteiger partial charge in [-0.1, -0.05) is 19.3 Å². The van der Waals surface area contributed by atoms with E-state index in [1.807, 2.05) is 28.5 Å². The maximum Gasteiger partial charge on any atom is 0.271 e. The van der Waals surface area contributed by atoms with Crippen LogP contribution in [0.15, 0.2) is 22.8 Å². The van der Waals surface area contributed by atoms with Gasteiger partial charge in [0, 0.05) is 50.9 Å². The summed E-state index contributed by atoms with van der Waals surface area (Å²) in [5.74, 6) is -0.106. The molecule has 8 nitrogen and oxygen atoms in total. The standard InChI is InChI=1S/C25H37N5O3/c1-25(24(32)26-19-7-4-3-5-8-19)18-29-20-9-16-33-22(20)17-21(29)23(31)30(25)11-6-10-28-14-12-27(2)13-15-28/h9,16-17,19H,3-8,10-15,18H2,1-2H3,(H,26,32)/t25-/m1/s1. The zero-order chi connectivity index (χ0) is 23.0. The summed E-state index contributed by atoms with van der Waals surface area (Å²) in [6.07, 6.45) is 8.12. The van der Waals surface area contributed by atoms with E-state index in [1.54, 1.807) is 6.26 Å². The molecule has 0 radical (unpaired) electrons. The van der Waals surface area contributed by atoms with E-state index in [0.717, 1.165) is 70.3 Å². The summed E-state index contributed by atoms with van der Waals surface area (Å²) in [5, 5.41) is 3.30. The second kappa shape index (κ2) is 9.14. The van der Waals surface area contributed by atoms with Gasteiger partial charge in [0.05, 0.1) is 18.3 Å². The van der Waals surface area contributed by atoms with E-state index >= 15 is 0 Å². The first-order valence-corrected chi connectivity index (χ1v) is 12.6. The van der Waals surface area contributed by atoms with Gasteiger partial charge in [0.25, 0.3) is 5.91 Å².